The summed E-state index contributed by atoms with van der Waals surface area (Å²) >= 11 is 1.71. The van der Waals surface area contributed by atoms with Gasteiger partial charge in [-0.3, -0.25) is 10.1 Å². The van der Waals surface area contributed by atoms with Crippen molar-refractivity contribution < 1.29 is 0 Å². The average molecular weight is 374 g/mol. The van der Waals surface area contributed by atoms with Gasteiger partial charge in [-0.15, -0.1) is 11.8 Å². The monoisotopic (exact) mass is 374 g/mol. The maximum atomic E-state index is 4.66. The van der Waals surface area contributed by atoms with Crippen molar-refractivity contribution in [2.24, 2.45) is 0 Å². The highest BCUT2D eigenvalue weighted by atomic mass is 32.2. The molecule has 0 spiro atoms. The summed E-state index contributed by atoms with van der Waals surface area (Å²) in [7, 11) is 0. The summed E-state index contributed by atoms with van der Waals surface area (Å²) in [4.78, 5) is 14.5. The second-order valence-corrected chi connectivity index (χ2v) is 6.73. The molecule has 2 N–H and O–H groups in total. The molecule has 4 rings (SSSR count). The van der Waals surface area contributed by atoms with Crippen molar-refractivity contribution in [2.75, 3.05) is 11.6 Å². The van der Waals surface area contributed by atoms with E-state index in [4.69, 9.17) is 0 Å². The topological polar surface area (TPSA) is 79.4 Å². The molecule has 134 valence electrons. The second-order valence-electron chi connectivity index (χ2n) is 5.85. The van der Waals surface area contributed by atoms with Crippen LogP contribution in [0.25, 0.3) is 22.8 Å². The third-order valence-electron chi connectivity index (χ3n) is 4.08. The van der Waals surface area contributed by atoms with Crippen LogP contribution in [0.2, 0.25) is 0 Å². The lowest BCUT2D eigenvalue weighted by molar-refractivity contribution is 1.07. The fourth-order valence-electron chi connectivity index (χ4n) is 2.68. The van der Waals surface area contributed by atoms with E-state index in [-0.39, 0.29) is 0 Å². The Bertz CT molecular complexity index is 1010. The Hall–Kier alpha value is -3.19. The third-order valence-corrected chi connectivity index (χ3v) is 4.82. The van der Waals surface area contributed by atoms with Crippen LogP contribution in [0.3, 0.4) is 0 Å². The molecule has 6 nitrogen and oxygen atoms in total. The number of thioether (sulfide) groups is 1. The molecule has 0 fully saturated rings. The number of rotatable bonds is 6. The van der Waals surface area contributed by atoms with E-state index in [1.807, 2.05) is 42.6 Å². The summed E-state index contributed by atoms with van der Waals surface area (Å²) in [6.07, 6.45) is 7.41. The van der Waals surface area contributed by atoms with Gasteiger partial charge in [0, 0.05) is 35.6 Å². The van der Waals surface area contributed by atoms with Crippen LogP contribution >= 0.6 is 11.8 Å². The summed E-state index contributed by atoms with van der Waals surface area (Å²) in [5, 5.41) is 10.7. The Morgan fingerprint density at radius 2 is 1.89 bits per heavy atom. The first-order valence-corrected chi connectivity index (χ1v) is 9.71. The van der Waals surface area contributed by atoms with E-state index >= 15 is 0 Å². The number of nitrogens with zero attached hydrogens (tertiary/aromatic N) is 4. The van der Waals surface area contributed by atoms with Gasteiger partial charge in [0.25, 0.3) is 0 Å². The Morgan fingerprint density at radius 3 is 2.67 bits per heavy atom. The smallest absolute Gasteiger partial charge is 0.181 e. The minimum atomic E-state index is 0.634. The van der Waals surface area contributed by atoms with Crippen LogP contribution in [-0.4, -0.2) is 31.4 Å². The number of nitrogens with one attached hydrogen (secondary N) is 2. The average Bonchev–Trinajstić information content (AvgIpc) is 3.23. The lowest BCUT2D eigenvalue weighted by atomic mass is 10.2. The van der Waals surface area contributed by atoms with Crippen molar-refractivity contribution >= 4 is 17.6 Å². The molecule has 0 saturated carbocycles. The van der Waals surface area contributed by atoms with Gasteiger partial charge >= 0.3 is 0 Å². The normalized spacial score (nSPS) is 10.7. The molecule has 0 aliphatic rings. The SMILES string of the molecule is CSc1ccc(-c2n[nH]c(-c3cccnc3NCc3cccnc3)n2)cc1. The van der Waals surface area contributed by atoms with Gasteiger partial charge in [0.1, 0.15) is 5.82 Å². The van der Waals surface area contributed by atoms with Gasteiger partial charge in [-0.1, -0.05) is 18.2 Å². The zero-order valence-corrected chi connectivity index (χ0v) is 15.6. The maximum absolute atomic E-state index is 4.66. The van der Waals surface area contributed by atoms with Crippen LogP contribution in [0.1, 0.15) is 5.56 Å². The first kappa shape index (κ1) is 17.2. The molecule has 27 heavy (non-hydrogen) atoms. The quantitative estimate of drug-likeness (QED) is 0.491. The number of pyridine rings is 2. The Kier molecular flexibility index (Phi) is 5.11. The number of hydrogen-bond acceptors (Lipinski definition) is 6. The molecule has 0 unspecified atom stereocenters. The van der Waals surface area contributed by atoms with Gasteiger partial charge in [-0.2, -0.15) is 5.10 Å². The van der Waals surface area contributed by atoms with Crippen LogP contribution < -0.4 is 5.32 Å². The summed E-state index contributed by atoms with van der Waals surface area (Å²) in [5.41, 5.74) is 2.94. The van der Waals surface area contributed by atoms with Crippen molar-refractivity contribution in [3.05, 3.63) is 72.7 Å². The van der Waals surface area contributed by atoms with Gasteiger partial charge in [-0.05, 0) is 42.2 Å². The number of anilines is 1. The molecule has 3 heterocycles. The number of hydrogen-bond donors (Lipinski definition) is 2. The summed E-state index contributed by atoms with van der Waals surface area (Å²) < 4.78 is 0. The van der Waals surface area contributed by atoms with Gasteiger partial charge in [0.05, 0.1) is 5.56 Å². The van der Waals surface area contributed by atoms with Crippen LogP contribution in [-0.2, 0) is 6.54 Å². The standard InChI is InChI=1S/C20H18N6S/c1-27-16-8-6-15(7-9-16)18-24-20(26-25-18)17-5-3-11-22-19(17)23-13-14-4-2-10-21-12-14/h2-12H,13H2,1H3,(H,22,23)(H,24,25,26). The molecular weight excluding hydrogens is 356 g/mol. The lowest BCUT2D eigenvalue weighted by Crippen LogP contribution is -2.03. The van der Waals surface area contributed by atoms with Gasteiger partial charge < -0.3 is 5.32 Å². The van der Waals surface area contributed by atoms with Crippen molar-refractivity contribution in [2.45, 2.75) is 11.4 Å². The molecule has 0 atom stereocenters. The molecular formula is C20H18N6S. The van der Waals surface area contributed by atoms with Gasteiger partial charge in [0.15, 0.2) is 11.6 Å². The third kappa shape index (κ3) is 3.98. The highest BCUT2D eigenvalue weighted by Crippen LogP contribution is 2.26. The first-order chi connectivity index (χ1) is 13.3. The summed E-state index contributed by atoms with van der Waals surface area (Å²) in [6, 6.07) is 16.0. The zero-order valence-electron chi connectivity index (χ0n) is 14.8. The van der Waals surface area contributed by atoms with Crippen LogP contribution in [0.4, 0.5) is 5.82 Å². The minimum absolute atomic E-state index is 0.634. The zero-order chi connectivity index (χ0) is 18.5. The number of aromatic amines is 1. The molecule has 0 saturated heterocycles. The maximum Gasteiger partial charge on any atom is 0.181 e. The predicted octanol–water partition coefficient (Wildman–Crippen LogP) is 4.26. The molecule has 0 aliphatic heterocycles. The summed E-state index contributed by atoms with van der Waals surface area (Å²) in [6.45, 7) is 0.634. The van der Waals surface area contributed by atoms with E-state index in [0.717, 1.165) is 22.5 Å². The number of H-pyrrole nitrogens is 1. The Labute approximate surface area is 161 Å². The molecule has 7 heteroatoms. The molecule has 4 aromatic rings. The van der Waals surface area contributed by atoms with Crippen molar-refractivity contribution in [3.8, 4) is 22.8 Å². The number of aromatic nitrogens is 5. The van der Waals surface area contributed by atoms with Gasteiger partial charge in [0.2, 0.25) is 0 Å². The van der Waals surface area contributed by atoms with E-state index in [9.17, 15) is 0 Å². The molecule has 3 aromatic heterocycles. The van der Waals surface area contributed by atoms with E-state index in [2.05, 4.69) is 48.9 Å². The fourth-order valence-corrected chi connectivity index (χ4v) is 3.09. The van der Waals surface area contributed by atoms with Crippen molar-refractivity contribution in [1.82, 2.24) is 25.1 Å². The molecule has 0 radical (unpaired) electrons. The first-order valence-electron chi connectivity index (χ1n) is 8.48. The Morgan fingerprint density at radius 1 is 1.04 bits per heavy atom. The molecule has 0 bridgehead atoms. The van der Waals surface area contributed by atoms with E-state index in [1.54, 1.807) is 24.2 Å². The second kappa shape index (κ2) is 8.01. The van der Waals surface area contributed by atoms with Crippen LogP contribution in [0, 0.1) is 0 Å². The highest BCUT2D eigenvalue weighted by molar-refractivity contribution is 7.98. The lowest BCUT2D eigenvalue weighted by Gasteiger charge is -2.08. The highest BCUT2D eigenvalue weighted by Gasteiger charge is 2.12. The Balaban J connectivity index is 1.57. The van der Waals surface area contributed by atoms with Crippen LogP contribution in [0.15, 0.2) is 72.0 Å². The fraction of sp³-hybridized carbons (Fsp3) is 0.100. The summed E-state index contributed by atoms with van der Waals surface area (Å²) in [5.74, 6) is 2.10. The van der Waals surface area contributed by atoms with Crippen molar-refractivity contribution in [3.63, 3.8) is 0 Å². The van der Waals surface area contributed by atoms with Crippen LogP contribution in [0.5, 0.6) is 0 Å². The molecule has 0 aliphatic carbocycles. The number of benzene rings is 1. The van der Waals surface area contributed by atoms with E-state index in [1.165, 1.54) is 4.90 Å². The van der Waals surface area contributed by atoms with Gasteiger partial charge in [-0.25, -0.2) is 9.97 Å². The van der Waals surface area contributed by atoms with E-state index in [0.29, 0.717) is 18.2 Å². The molecule has 1 aromatic carbocycles. The van der Waals surface area contributed by atoms with Crippen molar-refractivity contribution in [1.29, 1.82) is 0 Å². The minimum Gasteiger partial charge on any atom is -0.365 e. The molecule has 0 amide bonds. The predicted molar refractivity (Wildman–Crippen MR) is 108 cm³/mol. The van der Waals surface area contributed by atoms with E-state index < -0.39 is 0 Å². The largest absolute Gasteiger partial charge is 0.365 e.